The number of nitrogens with two attached hydrogens (primary N) is 1. The average Bonchev–Trinajstić information content (AvgIpc) is 2.82. The van der Waals surface area contributed by atoms with Crippen LogP contribution in [0, 0.1) is 0 Å². The fourth-order valence-corrected chi connectivity index (χ4v) is 2.61. The lowest BCUT2D eigenvalue weighted by molar-refractivity contribution is -0.120. The van der Waals surface area contributed by atoms with E-state index in [-0.39, 0.29) is 6.54 Å². The predicted octanol–water partition coefficient (Wildman–Crippen LogP) is 2.40. The van der Waals surface area contributed by atoms with Crippen molar-refractivity contribution < 1.29 is 14.0 Å². The van der Waals surface area contributed by atoms with Gasteiger partial charge in [-0.05, 0) is 19.5 Å². The van der Waals surface area contributed by atoms with Gasteiger partial charge in [0.15, 0.2) is 0 Å². The third kappa shape index (κ3) is 4.56. The van der Waals surface area contributed by atoms with Crippen LogP contribution < -0.4 is 11.1 Å². The van der Waals surface area contributed by atoms with Gasteiger partial charge in [0.2, 0.25) is 5.91 Å². The second-order valence-electron chi connectivity index (χ2n) is 5.69. The number of primary amides is 1. The number of nitrogens with one attached hydrogen (secondary N) is 1. The van der Waals surface area contributed by atoms with Gasteiger partial charge in [0.25, 0.3) is 0 Å². The molecule has 0 unspecified atom stereocenters. The van der Waals surface area contributed by atoms with Crippen LogP contribution in [0.15, 0.2) is 28.7 Å². The second-order valence-corrected chi connectivity index (χ2v) is 5.69. The van der Waals surface area contributed by atoms with Crippen molar-refractivity contribution in [3.05, 3.63) is 35.6 Å². The molecule has 0 spiro atoms. The van der Waals surface area contributed by atoms with E-state index in [2.05, 4.69) is 12.2 Å². The van der Waals surface area contributed by atoms with Crippen LogP contribution in [0.25, 0.3) is 11.0 Å². The molecule has 0 aliphatic heterocycles. The topological polar surface area (TPSA) is 88.6 Å². The molecule has 124 valence electrons. The number of carbonyl (C=O) groups excluding carboxylic acids is 2. The van der Waals surface area contributed by atoms with E-state index in [0.29, 0.717) is 6.54 Å². The van der Waals surface area contributed by atoms with E-state index in [1.807, 2.05) is 36.2 Å². The molecule has 6 heteroatoms. The number of rotatable bonds is 7. The highest BCUT2D eigenvalue weighted by Gasteiger charge is 2.16. The number of nitrogens with zero attached hydrogens (tertiary/aromatic N) is 1. The zero-order valence-corrected chi connectivity index (χ0v) is 13.6. The molecule has 3 N–H and O–H groups in total. The number of amides is 3. The van der Waals surface area contributed by atoms with Gasteiger partial charge in [-0.1, -0.05) is 31.5 Å². The molecule has 0 bridgehead atoms. The number of aryl methyl sites for hydroxylation is 1. The fraction of sp³-hybridized carbons (Fsp3) is 0.412. The monoisotopic (exact) mass is 317 g/mol. The summed E-state index contributed by atoms with van der Waals surface area (Å²) in [5.41, 5.74) is 6.92. The van der Waals surface area contributed by atoms with Crippen LogP contribution in [0.3, 0.4) is 0 Å². The maximum absolute atomic E-state index is 11.6. The first-order chi connectivity index (χ1) is 11.0. The molecule has 0 aliphatic carbocycles. The molecule has 0 radical (unpaired) electrons. The smallest absolute Gasteiger partial charge is 0.318 e. The minimum absolute atomic E-state index is 0.0929. The molecular formula is C17H23N3O3. The molecule has 23 heavy (non-hydrogen) atoms. The first-order valence-electron chi connectivity index (χ1n) is 7.78. The summed E-state index contributed by atoms with van der Waals surface area (Å²) in [4.78, 5) is 24.2. The molecule has 0 atom stereocenters. The maximum atomic E-state index is 11.6. The van der Waals surface area contributed by atoms with Crippen molar-refractivity contribution in [3.63, 3.8) is 0 Å². The number of furan rings is 1. The van der Waals surface area contributed by atoms with Gasteiger partial charge in [0, 0.05) is 23.9 Å². The van der Waals surface area contributed by atoms with Gasteiger partial charge in [0.1, 0.15) is 11.3 Å². The second kappa shape index (κ2) is 7.78. The zero-order valence-electron chi connectivity index (χ0n) is 13.6. The highest BCUT2D eigenvalue weighted by atomic mass is 16.3. The lowest BCUT2D eigenvalue weighted by Crippen LogP contribution is -2.41. The van der Waals surface area contributed by atoms with Gasteiger partial charge in [-0.15, -0.1) is 0 Å². The van der Waals surface area contributed by atoms with Gasteiger partial charge < -0.3 is 10.2 Å². The van der Waals surface area contributed by atoms with Crippen molar-refractivity contribution in [2.45, 2.75) is 32.7 Å². The summed E-state index contributed by atoms with van der Waals surface area (Å²) in [6.07, 6.45) is 3.02. The number of hydrogen-bond acceptors (Lipinski definition) is 4. The lowest BCUT2D eigenvalue weighted by atomic mass is 10.1. The normalized spacial score (nSPS) is 11.1. The first kappa shape index (κ1) is 17.0. The molecule has 0 fully saturated rings. The Balaban J connectivity index is 2.16. The highest BCUT2D eigenvalue weighted by Crippen LogP contribution is 2.28. The number of para-hydroxylation sites is 1. The van der Waals surface area contributed by atoms with Crippen LogP contribution in [0.4, 0.5) is 4.79 Å². The van der Waals surface area contributed by atoms with Crippen LogP contribution in [0.5, 0.6) is 0 Å². The van der Waals surface area contributed by atoms with E-state index in [4.69, 9.17) is 10.2 Å². The Morgan fingerprint density at radius 3 is 2.74 bits per heavy atom. The summed E-state index contributed by atoms with van der Waals surface area (Å²) in [7, 11) is 1.83. The number of carbonyl (C=O) groups is 2. The molecule has 1 aromatic carbocycles. The summed E-state index contributed by atoms with van der Waals surface area (Å²) < 4.78 is 5.97. The molecule has 0 aliphatic rings. The van der Waals surface area contributed by atoms with Crippen molar-refractivity contribution in [2.75, 3.05) is 13.6 Å². The van der Waals surface area contributed by atoms with Gasteiger partial charge >= 0.3 is 6.03 Å². The number of unbranched alkanes of at least 4 members (excludes halogenated alkanes) is 1. The van der Waals surface area contributed by atoms with Crippen molar-refractivity contribution in [2.24, 2.45) is 5.73 Å². The standard InChI is InChI=1S/C17H23N3O3/c1-3-4-8-15-13(12-7-5-6-9-14(12)23-15)10-20(2)11-16(21)19-17(18)22/h5-7,9H,3-4,8,10-11H2,1-2H3,(H3,18,19,21,22). The molecule has 1 heterocycles. The summed E-state index contributed by atoms with van der Waals surface area (Å²) in [6.45, 7) is 2.81. The van der Waals surface area contributed by atoms with Crippen LogP contribution >= 0.6 is 0 Å². The van der Waals surface area contributed by atoms with Crippen molar-refractivity contribution >= 4 is 22.9 Å². The number of fused-ring (bicyclic) bond motifs is 1. The van der Waals surface area contributed by atoms with E-state index >= 15 is 0 Å². The number of hydrogen-bond donors (Lipinski definition) is 2. The molecule has 1 aromatic heterocycles. The molecular weight excluding hydrogens is 294 g/mol. The Bertz CT molecular complexity index is 693. The summed E-state index contributed by atoms with van der Waals surface area (Å²) >= 11 is 0. The minimum Gasteiger partial charge on any atom is -0.461 e. The quantitative estimate of drug-likeness (QED) is 0.820. The Morgan fingerprint density at radius 2 is 2.04 bits per heavy atom. The van der Waals surface area contributed by atoms with Gasteiger partial charge in [-0.2, -0.15) is 0 Å². The molecule has 6 nitrogen and oxygen atoms in total. The highest BCUT2D eigenvalue weighted by molar-refractivity contribution is 5.94. The van der Waals surface area contributed by atoms with E-state index in [1.54, 1.807) is 0 Å². The average molecular weight is 317 g/mol. The number of likely N-dealkylation sites (N-methyl/N-ethyl adjacent to an activating group) is 1. The Kier molecular flexibility index (Phi) is 5.76. The molecule has 2 rings (SSSR count). The molecule has 0 saturated carbocycles. The van der Waals surface area contributed by atoms with Gasteiger partial charge in [0.05, 0.1) is 6.54 Å². The van der Waals surface area contributed by atoms with Crippen LogP contribution in [0.2, 0.25) is 0 Å². The van der Waals surface area contributed by atoms with Gasteiger partial charge in [-0.25, -0.2) is 4.79 Å². The Morgan fingerprint density at radius 1 is 1.30 bits per heavy atom. The summed E-state index contributed by atoms with van der Waals surface area (Å²) in [5, 5.41) is 3.14. The number of imide groups is 1. The lowest BCUT2D eigenvalue weighted by Gasteiger charge is -2.16. The fourth-order valence-electron chi connectivity index (χ4n) is 2.61. The van der Waals surface area contributed by atoms with Crippen LogP contribution in [-0.4, -0.2) is 30.4 Å². The largest absolute Gasteiger partial charge is 0.461 e. The summed E-state index contributed by atoms with van der Waals surface area (Å²) in [6, 6.07) is 7.07. The van der Waals surface area contributed by atoms with Crippen LogP contribution in [0.1, 0.15) is 31.1 Å². The van der Waals surface area contributed by atoms with Gasteiger partial charge in [-0.3, -0.25) is 15.0 Å². The zero-order chi connectivity index (χ0) is 16.8. The SMILES string of the molecule is CCCCc1oc2ccccc2c1CN(C)CC(=O)NC(N)=O. The maximum Gasteiger partial charge on any atom is 0.318 e. The minimum atomic E-state index is -0.833. The van der Waals surface area contributed by atoms with E-state index in [0.717, 1.165) is 41.6 Å². The molecule has 0 saturated heterocycles. The Labute approximate surface area is 135 Å². The first-order valence-corrected chi connectivity index (χ1v) is 7.78. The van der Waals surface area contributed by atoms with Crippen molar-refractivity contribution in [3.8, 4) is 0 Å². The number of benzene rings is 1. The molecule has 2 aromatic rings. The van der Waals surface area contributed by atoms with E-state index in [1.165, 1.54) is 0 Å². The van der Waals surface area contributed by atoms with Crippen LogP contribution in [-0.2, 0) is 17.8 Å². The van der Waals surface area contributed by atoms with Crippen molar-refractivity contribution in [1.29, 1.82) is 0 Å². The van der Waals surface area contributed by atoms with E-state index < -0.39 is 11.9 Å². The van der Waals surface area contributed by atoms with E-state index in [9.17, 15) is 9.59 Å². The summed E-state index contributed by atoms with van der Waals surface area (Å²) in [5.74, 6) is 0.554. The predicted molar refractivity (Wildman–Crippen MR) is 88.9 cm³/mol. The molecule has 3 amide bonds. The Hall–Kier alpha value is -2.34. The van der Waals surface area contributed by atoms with Crippen molar-refractivity contribution in [1.82, 2.24) is 10.2 Å². The number of urea groups is 1. The third-order valence-electron chi connectivity index (χ3n) is 3.64. The third-order valence-corrected chi connectivity index (χ3v) is 3.64.